The minimum atomic E-state index is -1.22. The standard InChI is InChI=1S/C18H22N4O2S/c1-5-21-14-8-6-7-9-15(14)25-18(4,17(21)24)16(23)20-13-10-19-22(11-13)12(2)3/h6-12H,5H2,1-4H3,(H,20,23). The topological polar surface area (TPSA) is 67.2 Å². The minimum Gasteiger partial charge on any atom is -0.322 e. The van der Waals surface area contributed by atoms with Crippen LogP contribution in [0.25, 0.3) is 0 Å². The summed E-state index contributed by atoms with van der Waals surface area (Å²) < 4.78 is 0.547. The molecule has 0 radical (unpaired) electrons. The number of rotatable bonds is 4. The zero-order valence-electron chi connectivity index (χ0n) is 14.8. The SMILES string of the molecule is CCN1C(=O)C(C)(C(=O)Nc2cnn(C(C)C)c2)Sc2ccccc21. The first kappa shape index (κ1) is 17.5. The smallest absolute Gasteiger partial charge is 0.252 e. The Hall–Kier alpha value is -2.28. The second-order valence-electron chi connectivity index (χ2n) is 6.41. The molecule has 0 saturated heterocycles. The number of carbonyl (C=O) groups is 2. The number of amides is 2. The van der Waals surface area contributed by atoms with E-state index in [1.54, 1.807) is 28.9 Å². The van der Waals surface area contributed by atoms with Gasteiger partial charge in [0.15, 0.2) is 4.75 Å². The molecule has 1 aromatic carbocycles. The lowest BCUT2D eigenvalue weighted by Gasteiger charge is -2.38. The molecule has 25 heavy (non-hydrogen) atoms. The number of benzene rings is 1. The van der Waals surface area contributed by atoms with Crippen molar-refractivity contribution in [1.29, 1.82) is 0 Å². The highest BCUT2D eigenvalue weighted by Crippen LogP contribution is 2.45. The number of carbonyl (C=O) groups excluding carboxylic acids is 2. The van der Waals surface area contributed by atoms with Crippen LogP contribution < -0.4 is 10.2 Å². The highest BCUT2D eigenvalue weighted by atomic mass is 32.2. The molecule has 132 valence electrons. The number of aromatic nitrogens is 2. The van der Waals surface area contributed by atoms with Crippen molar-refractivity contribution in [3.05, 3.63) is 36.7 Å². The zero-order valence-corrected chi connectivity index (χ0v) is 15.6. The van der Waals surface area contributed by atoms with E-state index >= 15 is 0 Å². The molecule has 3 rings (SSSR count). The summed E-state index contributed by atoms with van der Waals surface area (Å²) in [4.78, 5) is 28.5. The van der Waals surface area contributed by atoms with Crippen LogP contribution in [0, 0.1) is 0 Å². The molecule has 7 heteroatoms. The summed E-state index contributed by atoms with van der Waals surface area (Å²) in [6, 6.07) is 7.87. The van der Waals surface area contributed by atoms with Crippen LogP contribution >= 0.6 is 11.8 Å². The molecule has 1 aliphatic heterocycles. The van der Waals surface area contributed by atoms with Crippen molar-refractivity contribution >= 4 is 35.0 Å². The molecular weight excluding hydrogens is 336 g/mol. The first-order chi connectivity index (χ1) is 11.9. The van der Waals surface area contributed by atoms with E-state index in [4.69, 9.17) is 0 Å². The number of nitrogens with one attached hydrogen (secondary N) is 1. The molecule has 1 N–H and O–H groups in total. The third-order valence-corrected chi connectivity index (χ3v) is 5.59. The Morgan fingerprint density at radius 1 is 1.36 bits per heavy atom. The van der Waals surface area contributed by atoms with Crippen LogP contribution in [0.15, 0.2) is 41.6 Å². The van der Waals surface area contributed by atoms with E-state index in [1.165, 1.54) is 11.8 Å². The van der Waals surface area contributed by atoms with Crippen LogP contribution in [0.4, 0.5) is 11.4 Å². The Bertz CT molecular complexity index is 817. The number of para-hydroxylation sites is 1. The maximum atomic E-state index is 13.0. The molecule has 2 heterocycles. The second-order valence-corrected chi connectivity index (χ2v) is 7.87. The van der Waals surface area contributed by atoms with Gasteiger partial charge in [-0.25, -0.2) is 0 Å². The molecule has 0 saturated carbocycles. The van der Waals surface area contributed by atoms with E-state index in [1.807, 2.05) is 45.0 Å². The average molecular weight is 358 g/mol. The van der Waals surface area contributed by atoms with E-state index in [0.29, 0.717) is 12.2 Å². The monoisotopic (exact) mass is 358 g/mol. The summed E-state index contributed by atoms with van der Waals surface area (Å²) in [5.41, 5.74) is 1.45. The molecular formula is C18H22N4O2S. The van der Waals surface area contributed by atoms with Crippen molar-refractivity contribution in [3.8, 4) is 0 Å². The van der Waals surface area contributed by atoms with E-state index < -0.39 is 4.75 Å². The first-order valence-corrected chi connectivity index (χ1v) is 9.14. The summed E-state index contributed by atoms with van der Waals surface area (Å²) >= 11 is 1.30. The van der Waals surface area contributed by atoms with Crippen molar-refractivity contribution in [2.24, 2.45) is 0 Å². The van der Waals surface area contributed by atoms with Gasteiger partial charge in [-0.05, 0) is 39.8 Å². The van der Waals surface area contributed by atoms with Gasteiger partial charge >= 0.3 is 0 Å². The van der Waals surface area contributed by atoms with E-state index in [2.05, 4.69) is 10.4 Å². The van der Waals surface area contributed by atoms with Gasteiger partial charge < -0.3 is 10.2 Å². The molecule has 1 aliphatic rings. The zero-order chi connectivity index (χ0) is 18.2. The van der Waals surface area contributed by atoms with Crippen molar-refractivity contribution < 1.29 is 9.59 Å². The largest absolute Gasteiger partial charge is 0.322 e. The maximum absolute atomic E-state index is 13.0. The van der Waals surface area contributed by atoms with Crippen LogP contribution in [-0.2, 0) is 9.59 Å². The quantitative estimate of drug-likeness (QED) is 0.852. The average Bonchev–Trinajstić information content (AvgIpc) is 3.05. The normalized spacial score (nSPS) is 19.9. The van der Waals surface area contributed by atoms with Gasteiger partial charge in [0.05, 0.1) is 17.6 Å². The molecule has 0 bridgehead atoms. The number of nitrogens with zero attached hydrogens (tertiary/aromatic N) is 3. The highest BCUT2D eigenvalue weighted by Gasteiger charge is 2.48. The Morgan fingerprint density at radius 3 is 2.72 bits per heavy atom. The lowest BCUT2D eigenvalue weighted by Crippen LogP contribution is -2.54. The molecule has 1 atom stereocenters. The predicted octanol–water partition coefficient (Wildman–Crippen LogP) is 3.32. The van der Waals surface area contributed by atoms with Gasteiger partial charge in [0.2, 0.25) is 5.91 Å². The molecule has 1 aromatic heterocycles. The molecule has 0 aliphatic carbocycles. The van der Waals surface area contributed by atoms with Gasteiger partial charge in [-0.1, -0.05) is 23.9 Å². The van der Waals surface area contributed by atoms with Gasteiger partial charge in [-0.15, -0.1) is 0 Å². The third-order valence-electron chi connectivity index (χ3n) is 4.26. The number of thioether (sulfide) groups is 1. The molecule has 2 amide bonds. The number of hydrogen-bond acceptors (Lipinski definition) is 4. The lowest BCUT2D eigenvalue weighted by molar-refractivity contribution is -0.128. The van der Waals surface area contributed by atoms with Crippen LogP contribution in [0.1, 0.15) is 33.7 Å². The van der Waals surface area contributed by atoms with Gasteiger partial charge in [0.1, 0.15) is 0 Å². The number of fused-ring (bicyclic) bond motifs is 1. The summed E-state index contributed by atoms with van der Waals surface area (Å²) in [7, 11) is 0. The van der Waals surface area contributed by atoms with Gasteiger partial charge in [-0.3, -0.25) is 14.3 Å². The molecule has 0 spiro atoms. The maximum Gasteiger partial charge on any atom is 0.252 e. The van der Waals surface area contributed by atoms with Crippen molar-refractivity contribution in [2.45, 2.75) is 43.4 Å². The minimum absolute atomic E-state index is 0.201. The van der Waals surface area contributed by atoms with Crippen LogP contribution in [-0.4, -0.2) is 32.9 Å². The lowest BCUT2D eigenvalue weighted by atomic mass is 10.1. The first-order valence-electron chi connectivity index (χ1n) is 8.32. The second kappa shape index (κ2) is 6.55. The summed E-state index contributed by atoms with van der Waals surface area (Å²) in [5.74, 6) is -0.536. The molecule has 2 aromatic rings. The van der Waals surface area contributed by atoms with Gasteiger partial charge in [0.25, 0.3) is 5.91 Å². The van der Waals surface area contributed by atoms with Crippen molar-refractivity contribution in [3.63, 3.8) is 0 Å². The summed E-state index contributed by atoms with van der Waals surface area (Å²) in [6.45, 7) is 8.13. The molecule has 0 fully saturated rings. The van der Waals surface area contributed by atoms with E-state index in [9.17, 15) is 9.59 Å². The highest BCUT2D eigenvalue weighted by molar-refractivity contribution is 8.02. The van der Waals surface area contributed by atoms with E-state index in [-0.39, 0.29) is 17.9 Å². The van der Waals surface area contributed by atoms with Gasteiger partial charge in [-0.2, -0.15) is 5.10 Å². The molecule has 6 nitrogen and oxygen atoms in total. The van der Waals surface area contributed by atoms with Crippen molar-refractivity contribution in [1.82, 2.24) is 9.78 Å². The fourth-order valence-corrected chi connectivity index (χ4v) is 4.00. The van der Waals surface area contributed by atoms with E-state index in [0.717, 1.165) is 10.6 Å². The Kier molecular flexibility index (Phi) is 4.60. The number of hydrogen-bond donors (Lipinski definition) is 1. The predicted molar refractivity (Wildman–Crippen MR) is 100.0 cm³/mol. The number of anilines is 2. The third kappa shape index (κ3) is 3.04. The molecule has 1 unspecified atom stereocenters. The van der Waals surface area contributed by atoms with Gasteiger partial charge in [0, 0.05) is 23.7 Å². The van der Waals surface area contributed by atoms with Crippen LogP contribution in [0.5, 0.6) is 0 Å². The summed E-state index contributed by atoms with van der Waals surface area (Å²) in [6.07, 6.45) is 3.38. The Morgan fingerprint density at radius 2 is 2.08 bits per heavy atom. The van der Waals surface area contributed by atoms with Crippen LogP contribution in [0.2, 0.25) is 0 Å². The van der Waals surface area contributed by atoms with Crippen LogP contribution in [0.3, 0.4) is 0 Å². The fourth-order valence-electron chi connectivity index (χ4n) is 2.79. The Labute approximate surface area is 151 Å². The van der Waals surface area contributed by atoms with Crippen molar-refractivity contribution in [2.75, 3.05) is 16.8 Å². The fraction of sp³-hybridized carbons (Fsp3) is 0.389. The Balaban J connectivity index is 1.89. The summed E-state index contributed by atoms with van der Waals surface area (Å²) in [5, 5.41) is 7.07.